The summed E-state index contributed by atoms with van der Waals surface area (Å²) in [4.78, 5) is 52.4. The van der Waals surface area contributed by atoms with Gasteiger partial charge in [-0.25, -0.2) is 4.79 Å². The summed E-state index contributed by atoms with van der Waals surface area (Å²) >= 11 is 0. The Morgan fingerprint density at radius 3 is 2.41 bits per heavy atom. The molecule has 34 heavy (non-hydrogen) atoms. The highest BCUT2D eigenvalue weighted by atomic mass is 19.4. The molecule has 182 valence electrons. The third-order valence-corrected chi connectivity index (χ3v) is 6.59. The Hall–Kier alpha value is -3.37. The predicted molar refractivity (Wildman–Crippen MR) is 117 cm³/mol. The number of hydrogen-bond acceptors (Lipinski definition) is 4. The van der Waals surface area contributed by atoms with E-state index >= 15 is 0 Å². The van der Waals surface area contributed by atoms with Crippen LogP contribution in [0.1, 0.15) is 56.1 Å². The number of rotatable bonds is 6. The standard InChI is InChI=1S/C23H25F3N4O4/c24-23(25,26)22(29-16(31)12-11-14-7-3-1-4-8-14)17-18(27-20(22)33)30(21(34)28-19(17)32)13-15-9-5-2-6-10-15/h2,5-6,9-10,14H,1,3-4,7-8,11-13H2,(H,27,33)(H,29,31)(H,28,32,34). The van der Waals surface area contributed by atoms with Crippen LogP contribution in [0.5, 0.6) is 0 Å². The third-order valence-electron chi connectivity index (χ3n) is 6.59. The SMILES string of the molecule is O=C(CCC1CCCCC1)NC1(C(F)(F)F)C(=O)Nc2c1c(=O)[nH]c(=O)n2Cc1ccccc1. The number of carbonyl (C=O) groups is 2. The number of aromatic nitrogens is 2. The molecular formula is C23H25F3N4O4. The summed E-state index contributed by atoms with van der Waals surface area (Å²) in [6.45, 7) is -0.192. The van der Waals surface area contributed by atoms with Crippen molar-refractivity contribution in [1.29, 1.82) is 0 Å². The molecule has 1 unspecified atom stereocenters. The molecule has 2 aromatic rings. The summed E-state index contributed by atoms with van der Waals surface area (Å²) in [5.74, 6) is -2.94. The molecule has 2 amide bonds. The molecule has 2 aliphatic rings. The van der Waals surface area contributed by atoms with Crippen molar-refractivity contribution in [2.75, 3.05) is 5.32 Å². The number of alkyl halides is 3. The zero-order valence-corrected chi connectivity index (χ0v) is 18.3. The molecule has 1 aromatic carbocycles. The summed E-state index contributed by atoms with van der Waals surface area (Å²) < 4.78 is 44.1. The van der Waals surface area contributed by atoms with E-state index in [9.17, 15) is 32.3 Å². The molecule has 1 saturated carbocycles. The van der Waals surface area contributed by atoms with E-state index in [4.69, 9.17) is 0 Å². The molecule has 1 aliphatic carbocycles. The first kappa shape index (κ1) is 23.8. The van der Waals surface area contributed by atoms with Crippen LogP contribution in [0.15, 0.2) is 39.9 Å². The Labute approximate surface area is 192 Å². The Morgan fingerprint density at radius 2 is 1.76 bits per heavy atom. The highest BCUT2D eigenvalue weighted by Crippen LogP contribution is 2.45. The van der Waals surface area contributed by atoms with Crippen molar-refractivity contribution in [1.82, 2.24) is 14.9 Å². The van der Waals surface area contributed by atoms with Gasteiger partial charge in [0.25, 0.3) is 11.5 Å². The van der Waals surface area contributed by atoms with Crippen molar-refractivity contribution in [3.05, 3.63) is 62.3 Å². The van der Waals surface area contributed by atoms with Gasteiger partial charge in [0.2, 0.25) is 11.4 Å². The molecule has 1 aromatic heterocycles. The molecular weight excluding hydrogens is 453 g/mol. The molecule has 1 fully saturated rings. The third kappa shape index (κ3) is 4.26. The number of carbonyl (C=O) groups excluding carboxylic acids is 2. The van der Waals surface area contributed by atoms with Crippen LogP contribution >= 0.6 is 0 Å². The van der Waals surface area contributed by atoms with E-state index in [1.54, 1.807) is 30.3 Å². The van der Waals surface area contributed by atoms with E-state index in [1.165, 1.54) is 0 Å². The minimum atomic E-state index is -5.33. The Kier molecular flexibility index (Phi) is 6.37. The molecule has 11 heteroatoms. The van der Waals surface area contributed by atoms with E-state index in [1.807, 2.05) is 15.6 Å². The minimum absolute atomic E-state index is 0.192. The van der Waals surface area contributed by atoms with Crippen LogP contribution in [0, 0.1) is 5.92 Å². The molecule has 0 bridgehead atoms. The van der Waals surface area contributed by atoms with Crippen LogP contribution in [0.2, 0.25) is 0 Å². The van der Waals surface area contributed by atoms with Crippen molar-refractivity contribution in [2.24, 2.45) is 5.92 Å². The second-order valence-corrected chi connectivity index (χ2v) is 8.85. The number of hydrogen-bond donors (Lipinski definition) is 3. The van der Waals surface area contributed by atoms with Gasteiger partial charge in [0.05, 0.1) is 6.54 Å². The zero-order chi connectivity index (χ0) is 24.5. The number of anilines is 1. The largest absolute Gasteiger partial charge is 0.425 e. The topological polar surface area (TPSA) is 113 Å². The fourth-order valence-corrected chi connectivity index (χ4v) is 4.82. The van der Waals surface area contributed by atoms with Crippen molar-refractivity contribution in [3.63, 3.8) is 0 Å². The van der Waals surface area contributed by atoms with Crippen LogP contribution in [0.4, 0.5) is 19.0 Å². The number of nitrogens with one attached hydrogen (secondary N) is 3. The molecule has 0 spiro atoms. The fraction of sp³-hybridized carbons (Fsp3) is 0.478. The van der Waals surface area contributed by atoms with Gasteiger partial charge in [0, 0.05) is 6.42 Å². The molecule has 0 saturated heterocycles. The zero-order valence-electron chi connectivity index (χ0n) is 18.3. The first-order chi connectivity index (χ1) is 16.1. The van der Waals surface area contributed by atoms with E-state index in [0.717, 1.165) is 36.7 Å². The monoisotopic (exact) mass is 478 g/mol. The first-order valence-corrected chi connectivity index (χ1v) is 11.2. The quantitative estimate of drug-likeness (QED) is 0.593. The number of nitrogens with zero attached hydrogens (tertiary/aromatic N) is 1. The van der Waals surface area contributed by atoms with E-state index in [2.05, 4.69) is 0 Å². The smallest absolute Gasteiger partial charge is 0.330 e. The molecule has 3 N–H and O–H groups in total. The number of aromatic amines is 1. The first-order valence-electron chi connectivity index (χ1n) is 11.2. The number of halogens is 3. The van der Waals surface area contributed by atoms with Crippen molar-refractivity contribution in [3.8, 4) is 0 Å². The van der Waals surface area contributed by atoms with Crippen LogP contribution in [0.3, 0.4) is 0 Å². The van der Waals surface area contributed by atoms with Crippen molar-refractivity contribution >= 4 is 17.6 Å². The Morgan fingerprint density at radius 1 is 1.09 bits per heavy atom. The van der Waals surface area contributed by atoms with Gasteiger partial charge in [0.1, 0.15) is 11.4 Å². The normalized spacial score (nSPS) is 20.6. The molecule has 1 atom stereocenters. The Balaban J connectivity index is 1.71. The molecule has 2 heterocycles. The number of H-pyrrole nitrogens is 1. The van der Waals surface area contributed by atoms with E-state index in [0.29, 0.717) is 12.0 Å². The number of amides is 2. The summed E-state index contributed by atoms with van der Waals surface area (Å²) in [5.41, 5.74) is -6.42. The highest BCUT2D eigenvalue weighted by Gasteiger charge is 2.68. The lowest BCUT2D eigenvalue weighted by molar-refractivity contribution is -0.200. The van der Waals surface area contributed by atoms with Gasteiger partial charge in [-0.3, -0.25) is 23.9 Å². The van der Waals surface area contributed by atoms with Crippen LogP contribution in [-0.4, -0.2) is 27.5 Å². The van der Waals surface area contributed by atoms with E-state index in [-0.39, 0.29) is 18.9 Å². The van der Waals surface area contributed by atoms with Gasteiger partial charge < -0.3 is 10.6 Å². The number of fused-ring (bicyclic) bond motifs is 1. The lowest BCUT2D eigenvalue weighted by Gasteiger charge is -2.30. The summed E-state index contributed by atoms with van der Waals surface area (Å²) in [6.07, 6.45) is -0.176. The van der Waals surface area contributed by atoms with E-state index < -0.39 is 46.2 Å². The maximum atomic E-state index is 14.4. The van der Waals surface area contributed by atoms with Gasteiger partial charge in [-0.2, -0.15) is 13.2 Å². The van der Waals surface area contributed by atoms with Crippen molar-refractivity contribution < 1.29 is 22.8 Å². The van der Waals surface area contributed by atoms with Gasteiger partial charge in [-0.05, 0) is 17.9 Å². The Bertz CT molecular complexity index is 1200. The van der Waals surface area contributed by atoms with Gasteiger partial charge in [0.15, 0.2) is 0 Å². The van der Waals surface area contributed by atoms with Crippen LogP contribution in [-0.2, 0) is 21.7 Å². The molecule has 4 rings (SSSR count). The average Bonchev–Trinajstić information content (AvgIpc) is 3.10. The predicted octanol–water partition coefficient (Wildman–Crippen LogP) is 2.77. The average molecular weight is 478 g/mol. The second-order valence-electron chi connectivity index (χ2n) is 8.85. The summed E-state index contributed by atoms with van der Waals surface area (Å²) in [5, 5.41) is 3.86. The number of benzene rings is 1. The summed E-state index contributed by atoms with van der Waals surface area (Å²) in [7, 11) is 0. The lowest BCUT2D eigenvalue weighted by Crippen LogP contribution is -2.62. The lowest BCUT2D eigenvalue weighted by atomic mass is 9.85. The van der Waals surface area contributed by atoms with Gasteiger partial charge in [-0.15, -0.1) is 0 Å². The highest BCUT2D eigenvalue weighted by molar-refractivity contribution is 6.07. The second kappa shape index (κ2) is 9.11. The van der Waals surface area contributed by atoms with Crippen LogP contribution < -0.4 is 21.9 Å². The van der Waals surface area contributed by atoms with Gasteiger partial charge >= 0.3 is 11.9 Å². The maximum Gasteiger partial charge on any atom is 0.425 e. The van der Waals surface area contributed by atoms with Crippen molar-refractivity contribution in [2.45, 2.75) is 63.2 Å². The summed E-state index contributed by atoms with van der Waals surface area (Å²) in [6, 6.07) is 8.37. The molecule has 0 radical (unpaired) electrons. The fourth-order valence-electron chi connectivity index (χ4n) is 4.82. The van der Waals surface area contributed by atoms with Gasteiger partial charge in [-0.1, -0.05) is 62.4 Å². The maximum absolute atomic E-state index is 14.4. The minimum Gasteiger partial charge on any atom is -0.330 e. The molecule has 8 nitrogen and oxygen atoms in total. The van der Waals surface area contributed by atoms with Crippen LogP contribution in [0.25, 0.3) is 0 Å². The molecule has 1 aliphatic heterocycles.